The summed E-state index contributed by atoms with van der Waals surface area (Å²) in [6, 6.07) is 6.40. The van der Waals surface area contributed by atoms with E-state index in [0.29, 0.717) is 0 Å². The number of rotatable bonds is 3. The number of carboxylic acid groups (broad SMARTS) is 1. The number of nitriles is 3. The maximum absolute atomic E-state index is 13.7. The van der Waals surface area contributed by atoms with Gasteiger partial charge >= 0.3 is 5.97 Å². The Balaban J connectivity index is 3.32. The summed E-state index contributed by atoms with van der Waals surface area (Å²) in [5, 5.41) is 37.2. The van der Waals surface area contributed by atoms with Gasteiger partial charge in [-0.2, -0.15) is 15.8 Å². The van der Waals surface area contributed by atoms with Gasteiger partial charge in [0.15, 0.2) is 5.57 Å². The summed E-state index contributed by atoms with van der Waals surface area (Å²) >= 11 is 2.95. The maximum atomic E-state index is 13.7. The van der Waals surface area contributed by atoms with Crippen LogP contribution < -0.4 is 5.32 Å². The smallest absolute Gasteiger partial charge is 0.336 e. The molecule has 0 radical (unpaired) electrons. The van der Waals surface area contributed by atoms with Crippen molar-refractivity contribution >= 4 is 27.6 Å². The van der Waals surface area contributed by atoms with E-state index in [0.717, 1.165) is 12.1 Å². The van der Waals surface area contributed by atoms with E-state index in [1.54, 1.807) is 6.07 Å². The Morgan fingerprint density at radius 1 is 1.25 bits per heavy atom. The van der Waals surface area contributed by atoms with Gasteiger partial charge in [-0.25, -0.2) is 9.18 Å². The van der Waals surface area contributed by atoms with E-state index in [2.05, 4.69) is 21.2 Å². The second kappa shape index (κ2) is 6.33. The van der Waals surface area contributed by atoms with Crippen LogP contribution in [-0.4, -0.2) is 11.1 Å². The molecule has 0 saturated carbocycles. The fraction of sp³-hybridized carbons (Fsp3) is 0. The van der Waals surface area contributed by atoms with Crippen LogP contribution in [0.5, 0.6) is 0 Å². The van der Waals surface area contributed by atoms with E-state index in [-0.39, 0.29) is 15.7 Å². The number of aromatic carboxylic acids is 1. The molecule has 8 heteroatoms. The summed E-state index contributed by atoms with van der Waals surface area (Å²) in [5.41, 5.74) is -1.47. The van der Waals surface area contributed by atoms with Crippen molar-refractivity contribution in [2.24, 2.45) is 0 Å². The van der Waals surface area contributed by atoms with Crippen molar-refractivity contribution in [1.82, 2.24) is 0 Å². The minimum absolute atomic E-state index is 0.0849. The topological polar surface area (TPSA) is 121 Å². The van der Waals surface area contributed by atoms with Crippen molar-refractivity contribution in [3.05, 3.63) is 39.3 Å². The first-order valence-corrected chi connectivity index (χ1v) is 5.67. The van der Waals surface area contributed by atoms with Gasteiger partial charge in [-0.3, -0.25) is 0 Å². The quantitative estimate of drug-likeness (QED) is 0.819. The highest BCUT2D eigenvalue weighted by Crippen LogP contribution is 2.26. The zero-order chi connectivity index (χ0) is 15.3. The minimum Gasteiger partial charge on any atom is -0.478 e. The summed E-state index contributed by atoms with van der Waals surface area (Å²) in [6.45, 7) is 0. The number of nitrogens with zero attached hydrogens (tertiary/aromatic N) is 3. The molecular weight excluding hydrogens is 331 g/mol. The highest BCUT2D eigenvalue weighted by Gasteiger charge is 2.15. The van der Waals surface area contributed by atoms with Crippen LogP contribution in [0.15, 0.2) is 27.9 Å². The number of carbonyl (C=O) groups is 1. The van der Waals surface area contributed by atoms with Crippen molar-refractivity contribution < 1.29 is 14.3 Å². The van der Waals surface area contributed by atoms with Crippen LogP contribution in [0.4, 0.5) is 10.1 Å². The molecule has 98 valence electrons. The lowest BCUT2D eigenvalue weighted by molar-refractivity contribution is 0.0695. The molecule has 1 aromatic carbocycles. The second-order valence-corrected chi connectivity index (χ2v) is 4.18. The Morgan fingerprint density at radius 3 is 2.30 bits per heavy atom. The van der Waals surface area contributed by atoms with Crippen LogP contribution in [0.25, 0.3) is 0 Å². The Bertz CT molecular complexity index is 722. The first-order valence-electron chi connectivity index (χ1n) is 4.88. The molecule has 0 fully saturated rings. The van der Waals surface area contributed by atoms with E-state index in [1.165, 1.54) is 12.1 Å². The van der Waals surface area contributed by atoms with Crippen molar-refractivity contribution in [2.75, 3.05) is 5.32 Å². The van der Waals surface area contributed by atoms with Crippen LogP contribution in [0.2, 0.25) is 0 Å². The van der Waals surface area contributed by atoms with Crippen molar-refractivity contribution in [1.29, 1.82) is 15.8 Å². The number of benzene rings is 1. The van der Waals surface area contributed by atoms with Gasteiger partial charge in [-0.1, -0.05) is 0 Å². The van der Waals surface area contributed by atoms with E-state index in [9.17, 15) is 9.18 Å². The monoisotopic (exact) mass is 334 g/mol. The van der Waals surface area contributed by atoms with E-state index in [1.807, 2.05) is 0 Å². The Morgan fingerprint density at radius 2 is 1.85 bits per heavy atom. The fourth-order valence-electron chi connectivity index (χ4n) is 1.22. The second-order valence-electron chi connectivity index (χ2n) is 3.33. The SMILES string of the molecule is N#CC(C#N)=C(C#N)Nc1cc(Br)c(C(=O)O)cc1F. The lowest BCUT2D eigenvalue weighted by Crippen LogP contribution is -2.05. The molecule has 0 aliphatic carbocycles. The van der Waals surface area contributed by atoms with Crippen molar-refractivity contribution in [3.8, 4) is 18.2 Å². The number of allylic oxidation sites excluding steroid dienone is 2. The van der Waals surface area contributed by atoms with Gasteiger partial charge in [0.2, 0.25) is 0 Å². The third kappa shape index (κ3) is 3.11. The highest BCUT2D eigenvalue weighted by molar-refractivity contribution is 9.10. The molecule has 0 heterocycles. The molecule has 0 amide bonds. The van der Waals surface area contributed by atoms with Crippen LogP contribution >= 0.6 is 15.9 Å². The number of hydrogen-bond donors (Lipinski definition) is 2. The van der Waals surface area contributed by atoms with Gasteiger partial charge in [0, 0.05) is 4.47 Å². The molecule has 0 spiro atoms. The largest absolute Gasteiger partial charge is 0.478 e. The van der Waals surface area contributed by atoms with Gasteiger partial charge < -0.3 is 10.4 Å². The molecule has 6 nitrogen and oxygen atoms in total. The molecule has 0 aromatic heterocycles. The summed E-state index contributed by atoms with van der Waals surface area (Å²) in [5.74, 6) is -2.26. The molecular formula is C12H4BrFN4O2. The van der Waals surface area contributed by atoms with Crippen LogP contribution in [0, 0.1) is 39.8 Å². The summed E-state index contributed by atoms with van der Waals surface area (Å²) in [6.07, 6.45) is 0. The third-order valence-electron chi connectivity index (χ3n) is 2.13. The number of halogens is 2. The summed E-state index contributed by atoms with van der Waals surface area (Å²) in [7, 11) is 0. The molecule has 2 N–H and O–H groups in total. The standard InChI is InChI=1S/C12H4BrFN4O2/c13-8-2-10(9(14)1-7(8)12(19)20)18-11(5-17)6(3-15)4-16/h1-2,18H,(H,19,20). The first-order chi connectivity index (χ1) is 9.44. The Labute approximate surface area is 121 Å². The molecule has 0 atom stereocenters. The lowest BCUT2D eigenvalue weighted by Gasteiger charge is -2.08. The normalized spacial score (nSPS) is 8.75. The zero-order valence-corrected chi connectivity index (χ0v) is 11.2. The van der Waals surface area contributed by atoms with Gasteiger partial charge in [0.25, 0.3) is 0 Å². The first kappa shape index (κ1) is 15.2. The van der Waals surface area contributed by atoms with Crippen molar-refractivity contribution in [2.45, 2.75) is 0 Å². The van der Waals surface area contributed by atoms with Crippen molar-refractivity contribution in [3.63, 3.8) is 0 Å². The predicted molar refractivity (Wildman–Crippen MR) is 68.5 cm³/mol. The minimum atomic E-state index is -1.33. The Kier molecular flexibility index (Phi) is 4.80. The Hall–Kier alpha value is -2.89. The molecule has 0 aliphatic heterocycles. The van der Waals surface area contributed by atoms with Gasteiger partial charge in [0.1, 0.15) is 29.7 Å². The lowest BCUT2D eigenvalue weighted by atomic mass is 10.2. The van der Waals surface area contributed by atoms with Gasteiger partial charge in [-0.05, 0) is 28.1 Å². The van der Waals surface area contributed by atoms with Crippen LogP contribution in [-0.2, 0) is 0 Å². The summed E-state index contributed by atoms with van der Waals surface area (Å²) < 4.78 is 13.8. The molecule has 20 heavy (non-hydrogen) atoms. The number of nitrogens with one attached hydrogen (secondary N) is 1. The zero-order valence-electron chi connectivity index (χ0n) is 9.61. The average Bonchev–Trinajstić information content (AvgIpc) is 2.41. The van der Waals surface area contributed by atoms with E-state index < -0.39 is 23.1 Å². The van der Waals surface area contributed by atoms with E-state index >= 15 is 0 Å². The van der Waals surface area contributed by atoms with Crippen LogP contribution in [0.1, 0.15) is 10.4 Å². The third-order valence-corrected chi connectivity index (χ3v) is 2.79. The predicted octanol–water partition coefficient (Wildman–Crippen LogP) is 2.52. The molecule has 0 saturated heterocycles. The molecule has 0 unspecified atom stereocenters. The number of hydrogen-bond acceptors (Lipinski definition) is 5. The highest BCUT2D eigenvalue weighted by atomic mass is 79.9. The molecule has 0 bridgehead atoms. The molecule has 1 aromatic rings. The average molecular weight is 335 g/mol. The maximum Gasteiger partial charge on any atom is 0.336 e. The van der Waals surface area contributed by atoms with Crippen LogP contribution in [0.3, 0.4) is 0 Å². The molecule has 1 rings (SSSR count). The molecule has 0 aliphatic rings. The number of anilines is 1. The fourth-order valence-corrected chi connectivity index (χ4v) is 1.74. The van der Waals surface area contributed by atoms with Gasteiger partial charge in [0.05, 0.1) is 11.3 Å². The van der Waals surface area contributed by atoms with Gasteiger partial charge in [-0.15, -0.1) is 0 Å². The summed E-state index contributed by atoms with van der Waals surface area (Å²) in [4.78, 5) is 10.8. The number of carboxylic acids is 1. The van der Waals surface area contributed by atoms with E-state index in [4.69, 9.17) is 20.9 Å².